The molecule has 1 unspecified atom stereocenters. The second kappa shape index (κ2) is 5.26. The van der Waals surface area contributed by atoms with Gasteiger partial charge in [-0.05, 0) is 12.0 Å². The average molecular weight is 208 g/mol. The lowest BCUT2D eigenvalue weighted by atomic mass is 10.1. The van der Waals surface area contributed by atoms with Gasteiger partial charge in [0.1, 0.15) is 0 Å². The number of hydrogen-bond donors (Lipinski definition) is 1. The molecule has 2 atom stereocenters. The SMILES string of the molecule is O[C@@H]1CC(OCc2ccccc2)CCO1. The van der Waals surface area contributed by atoms with Crippen LogP contribution in [0.2, 0.25) is 0 Å². The van der Waals surface area contributed by atoms with Gasteiger partial charge in [-0.1, -0.05) is 30.3 Å². The van der Waals surface area contributed by atoms with Crippen molar-refractivity contribution in [1.29, 1.82) is 0 Å². The van der Waals surface area contributed by atoms with Crippen molar-refractivity contribution in [2.45, 2.75) is 31.8 Å². The lowest BCUT2D eigenvalue weighted by Gasteiger charge is -2.26. The third-order valence-electron chi connectivity index (χ3n) is 2.54. The van der Waals surface area contributed by atoms with Crippen LogP contribution in [0.1, 0.15) is 18.4 Å². The van der Waals surface area contributed by atoms with Crippen molar-refractivity contribution in [3.8, 4) is 0 Å². The standard InChI is InChI=1S/C12H16O3/c13-12-8-11(6-7-14-12)15-9-10-4-2-1-3-5-10/h1-5,11-13H,6-9H2/t11?,12-/m0/s1. The van der Waals surface area contributed by atoms with Gasteiger partial charge in [0.25, 0.3) is 0 Å². The lowest BCUT2D eigenvalue weighted by molar-refractivity contribution is -0.165. The summed E-state index contributed by atoms with van der Waals surface area (Å²) in [5, 5.41) is 9.27. The van der Waals surface area contributed by atoms with Crippen molar-refractivity contribution in [1.82, 2.24) is 0 Å². The van der Waals surface area contributed by atoms with E-state index in [-0.39, 0.29) is 6.10 Å². The first-order valence-electron chi connectivity index (χ1n) is 5.30. The average Bonchev–Trinajstić information content (AvgIpc) is 2.28. The van der Waals surface area contributed by atoms with Crippen LogP contribution in [0.4, 0.5) is 0 Å². The Morgan fingerprint density at radius 1 is 1.33 bits per heavy atom. The van der Waals surface area contributed by atoms with Crippen molar-refractivity contribution >= 4 is 0 Å². The minimum atomic E-state index is -0.653. The molecule has 3 nitrogen and oxygen atoms in total. The summed E-state index contributed by atoms with van der Waals surface area (Å²) in [6.45, 7) is 1.19. The summed E-state index contributed by atoms with van der Waals surface area (Å²) in [5.41, 5.74) is 1.17. The summed E-state index contributed by atoms with van der Waals surface area (Å²) in [5.74, 6) is 0. The predicted octanol–water partition coefficient (Wildman–Crippen LogP) is 1.70. The predicted molar refractivity (Wildman–Crippen MR) is 56.2 cm³/mol. The van der Waals surface area contributed by atoms with Crippen LogP contribution in [0.5, 0.6) is 0 Å². The third kappa shape index (κ3) is 3.30. The zero-order valence-corrected chi connectivity index (χ0v) is 8.63. The first kappa shape index (κ1) is 10.6. The molecule has 1 aromatic rings. The summed E-state index contributed by atoms with van der Waals surface area (Å²) < 4.78 is 10.7. The smallest absolute Gasteiger partial charge is 0.157 e. The van der Waals surface area contributed by atoms with E-state index >= 15 is 0 Å². The highest BCUT2D eigenvalue weighted by Gasteiger charge is 2.20. The first-order valence-corrected chi connectivity index (χ1v) is 5.30. The van der Waals surface area contributed by atoms with Crippen LogP contribution in [0, 0.1) is 0 Å². The van der Waals surface area contributed by atoms with Gasteiger partial charge in [0.05, 0.1) is 19.3 Å². The summed E-state index contributed by atoms with van der Waals surface area (Å²) in [7, 11) is 0. The molecule has 3 heteroatoms. The molecule has 1 N–H and O–H groups in total. The number of aliphatic hydroxyl groups excluding tert-OH is 1. The highest BCUT2D eigenvalue weighted by Crippen LogP contribution is 2.16. The van der Waals surface area contributed by atoms with Gasteiger partial charge in [-0.25, -0.2) is 0 Å². The Morgan fingerprint density at radius 2 is 2.13 bits per heavy atom. The highest BCUT2D eigenvalue weighted by molar-refractivity contribution is 5.13. The molecule has 0 aliphatic carbocycles. The Hall–Kier alpha value is -0.900. The molecule has 0 radical (unpaired) electrons. The van der Waals surface area contributed by atoms with Gasteiger partial charge in [-0.2, -0.15) is 0 Å². The van der Waals surface area contributed by atoms with E-state index in [1.54, 1.807) is 0 Å². The molecule has 1 aliphatic heterocycles. The number of benzene rings is 1. The maximum Gasteiger partial charge on any atom is 0.157 e. The van der Waals surface area contributed by atoms with Gasteiger partial charge in [0.2, 0.25) is 0 Å². The van der Waals surface area contributed by atoms with E-state index in [2.05, 4.69) is 0 Å². The van der Waals surface area contributed by atoms with E-state index in [4.69, 9.17) is 9.47 Å². The molecule has 1 saturated heterocycles. The molecular weight excluding hydrogens is 192 g/mol. The van der Waals surface area contributed by atoms with Gasteiger partial charge >= 0.3 is 0 Å². The van der Waals surface area contributed by atoms with Crippen molar-refractivity contribution in [2.24, 2.45) is 0 Å². The molecule has 1 heterocycles. The fourth-order valence-corrected chi connectivity index (χ4v) is 1.69. The molecule has 1 fully saturated rings. The molecule has 0 bridgehead atoms. The van der Waals surface area contributed by atoms with Gasteiger partial charge in [-0.15, -0.1) is 0 Å². The van der Waals surface area contributed by atoms with Gasteiger partial charge < -0.3 is 14.6 Å². The quantitative estimate of drug-likeness (QED) is 0.821. The van der Waals surface area contributed by atoms with E-state index in [9.17, 15) is 5.11 Å². The van der Waals surface area contributed by atoms with Crippen molar-refractivity contribution in [3.63, 3.8) is 0 Å². The minimum Gasteiger partial charge on any atom is -0.373 e. The third-order valence-corrected chi connectivity index (χ3v) is 2.54. The van der Waals surface area contributed by atoms with Gasteiger partial charge in [0, 0.05) is 6.42 Å². The molecular formula is C12H16O3. The van der Waals surface area contributed by atoms with Crippen LogP contribution in [0.15, 0.2) is 30.3 Å². The molecule has 0 aromatic heterocycles. The zero-order valence-electron chi connectivity index (χ0n) is 8.63. The normalized spacial score (nSPS) is 26.5. The molecule has 0 spiro atoms. The molecule has 82 valence electrons. The second-order valence-electron chi connectivity index (χ2n) is 3.77. The molecule has 0 amide bonds. The molecule has 1 aliphatic rings. The summed E-state index contributed by atoms with van der Waals surface area (Å²) in [6.07, 6.45) is 0.907. The maximum absolute atomic E-state index is 9.27. The van der Waals surface area contributed by atoms with E-state index in [1.165, 1.54) is 5.56 Å². The van der Waals surface area contributed by atoms with Crippen LogP contribution in [0.25, 0.3) is 0 Å². The molecule has 2 rings (SSSR count). The van der Waals surface area contributed by atoms with Crippen LogP contribution in [0.3, 0.4) is 0 Å². The number of ether oxygens (including phenoxy) is 2. The van der Waals surface area contributed by atoms with E-state index < -0.39 is 6.29 Å². The molecule has 1 aromatic carbocycles. The van der Waals surface area contributed by atoms with Crippen molar-refractivity contribution in [3.05, 3.63) is 35.9 Å². The van der Waals surface area contributed by atoms with E-state index in [1.807, 2.05) is 30.3 Å². The fourth-order valence-electron chi connectivity index (χ4n) is 1.69. The van der Waals surface area contributed by atoms with Crippen molar-refractivity contribution < 1.29 is 14.6 Å². The number of rotatable bonds is 3. The Labute approximate surface area is 89.6 Å². The van der Waals surface area contributed by atoms with Crippen LogP contribution in [-0.4, -0.2) is 24.1 Å². The highest BCUT2D eigenvalue weighted by atomic mass is 16.6. The van der Waals surface area contributed by atoms with Crippen LogP contribution in [-0.2, 0) is 16.1 Å². The minimum absolute atomic E-state index is 0.119. The van der Waals surface area contributed by atoms with Crippen LogP contribution >= 0.6 is 0 Å². The number of hydrogen-bond acceptors (Lipinski definition) is 3. The molecule has 0 saturated carbocycles. The lowest BCUT2D eigenvalue weighted by Crippen LogP contribution is -2.30. The Kier molecular flexibility index (Phi) is 3.72. The Balaban J connectivity index is 1.78. The van der Waals surface area contributed by atoms with Crippen molar-refractivity contribution in [2.75, 3.05) is 6.61 Å². The summed E-state index contributed by atoms with van der Waals surface area (Å²) in [6, 6.07) is 10.1. The Morgan fingerprint density at radius 3 is 2.87 bits per heavy atom. The van der Waals surface area contributed by atoms with Crippen LogP contribution < -0.4 is 0 Å². The molecule has 15 heavy (non-hydrogen) atoms. The van der Waals surface area contributed by atoms with Gasteiger partial charge in [0.15, 0.2) is 6.29 Å². The maximum atomic E-state index is 9.27. The topological polar surface area (TPSA) is 38.7 Å². The fraction of sp³-hybridized carbons (Fsp3) is 0.500. The summed E-state index contributed by atoms with van der Waals surface area (Å²) >= 11 is 0. The summed E-state index contributed by atoms with van der Waals surface area (Å²) in [4.78, 5) is 0. The number of aliphatic hydroxyl groups is 1. The second-order valence-corrected chi connectivity index (χ2v) is 3.77. The first-order chi connectivity index (χ1) is 7.34. The van der Waals surface area contributed by atoms with E-state index in [0.717, 1.165) is 6.42 Å². The zero-order chi connectivity index (χ0) is 10.5. The van der Waals surface area contributed by atoms with Gasteiger partial charge in [-0.3, -0.25) is 0 Å². The monoisotopic (exact) mass is 208 g/mol. The Bertz CT molecular complexity index is 286. The van der Waals surface area contributed by atoms with E-state index in [0.29, 0.717) is 19.6 Å². The largest absolute Gasteiger partial charge is 0.373 e.